The topological polar surface area (TPSA) is 83.6 Å². The van der Waals surface area contributed by atoms with E-state index in [4.69, 9.17) is 5.73 Å². The highest BCUT2D eigenvalue weighted by molar-refractivity contribution is 7.17. The minimum absolute atomic E-state index is 0.0223. The number of carbonyl (C=O) groups excluding carboxylic acids is 1. The van der Waals surface area contributed by atoms with E-state index in [1.54, 1.807) is 30.8 Å². The number of aromatic nitrogens is 1. The fourth-order valence-corrected chi connectivity index (χ4v) is 4.93. The molecule has 0 bridgehead atoms. The van der Waals surface area contributed by atoms with Gasteiger partial charge in [-0.15, -0.1) is 11.3 Å². The van der Waals surface area contributed by atoms with E-state index in [1.165, 1.54) is 42.0 Å². The summed E-state index contributed by atoms with van der Waals surface area (Å²) in [7, 11) is 1.66. The summed E-state index contributed by atoms with van der Waals surface area (Å²) in [5, 5.41) is 6.52. The third-order valence-corrected chi connectivity index (χ3v) is 6.91. The molecule has 162 valence electrons. The fourth-order valence-electron chi connectivity index (χ4n) is 4.02. The summed E-state index contributed by atoms with van der Waals surface area (Å²) in [6, 6.07) is 10.3. The summed E-state index contributed by atoms with van der Waals surface area (Å²) >= 11 is 1.71. The molecule has 1 amide bonds. The van der Waals surface area contributed by atoms with Crippen LogP contribution in [0.25, 0.3) is 21.2 Å². The molecule has 0 radical (unpaired) electrons. The summed E-state index contributed by atoms with van der Waals surface area (Å²) < 4.78 is 1.22. The number of nitrogens with two attached hydrogens (primary N) is 1. The van der Waals surface area contributed by atoms with E-state index < -0.39 is 5.54 Å². The summed E-state index contributed by atoms with van der Waals surface area (Å²) in [5.41, 5.74) is 8.54. The number of nitrogens with one attached hydrogen (secondary N) is 1. The van der Waals surface area contributed by atoms with Gasteiger partial charge >= 0.3 is 0 Å². The molecular formula is C24H29N5OS. The van der Waals surface area contributed by atoms with Crippen LogP contribution >= 0.6 is 11.3 Å². The van der Waals surface area contributed by atoms with Gasteiger partial charge in [0.05, 0.1) is 12.0 Å². The van der Waals surface area contributed by atoms with Gasteiger partial charge in [0.2, 0.25) is 5.91 Å². The molecule has 31 heavy (non-hydrogen) atoms. The second-order valence-corrected chi connectivity index (χ2v) is 9.20. The van der Waals surface area contributed by atoms with Crippen molar-refractivity contribution in [1.29, 1.82) is 0 Å². The average Bonchev–Trinajstić information content (AvgIpc) is 3.28. The van der Waals surface area contributed by atoms with Crippen LogP contribution in [-0.4, -0.2) is 41.9 Å². The Labute approximate surface area is 187 Å². The molecule has 5 rings (SSSR count). The van der Waals surface area contributed by atoms with Gasteiger partial charge in [-0.3, -0.25) is 14.7 Å². The summed E-state index contributed by atoms with van der Waals surface area (Å²) in [5.74, 6) is 0.237. The molecular weight excluding hydrogens is 406 g/mol. The monoisotopic (exact) mass is 435 g/mol. The average molecular weight is 436 g/mol. The van der Waals surface area contributed by atoms with Crippen molar-refractivity contribution >= 4 is 33.3 Å². The van der Waals surface area contributed by atoms with Crippen molar-refractivity contribution in [2.45, 2.75) is 38.1 Å². The van der Waals surface area contributed by atoms with Crippen molar-refractivity contribution in [2.75, 3.05) is 20.1 Å². The van der Waals surface area contributed by atoms with Gasteiger partial charge in [-0.05, 0) is 90.6 Å². The lowest BCUT2D eigenvalue weighted by molar-refractivity contribution is -0.128. The maximum atomic E-state index is 12.3. The standard InChI is InChI=1S/C19H18N4OS.C5H11N/c1-19(11-16(24)23(2)18(20)22-19)14-9-13-5-8-25-17(13)15(10-14)12-3-6-21-7-4-12;1-2-4-6-5-3-1/h3-10H,11H2,1-2H3,(H2,20,22);6H,1-5H2/t19-;/m0./s1. The van der Waals surface area contributed by atoms with Crippen molar-refractivity contribution < 1.29 is 4.79 Å². The Morgan fingerprint density at radius 2 is 1.87 bits per heavy atom. The maximum Gasteiger partial charge on any atom is 0.231 e. The van der Waals surface area contributed by atoms with Crippen LogP contribution in [0.1, 0.15) is 38.2 Å². The lowest BCUT2D eigenvalue weighted by Crippen LogP contribution is -2.47. The van der Waals surface area contributed by atoms with E-state index >= 15 is 0 Å². The quantitative estimate of drug-likeness (QED) is 0.634. The molecule has 0 aliphatic carbocycles. The van der Waals surface area contributed by atoms with Gasteiger partial charge in [0.25, 0.3) is 0 Å². The Morgan fingerprint density at radius 3 is 2.48 bits per heavy atom. The number of thiophene rings is 1. The van der Waals surface area contributed by atoms with Crippen molar-refractivity contribution in [3.63, 3.8) is 0 Å². The zero-order chi connectivity index (χ0) is 21.8. The van der Waals surface area contributed by atoms with Crippen LogP contribution in [0.2, 0.25) is 0 Å². The van der Waals surface area contributed by atoms with Gasteiger partial charge in [0.15, 0.2) is 5.96 Å². The van der Waals surface area contributed by atoms with Gasteiger partial charge < -0.3 is 11.1 Å². The molecule has 2 aromatic heterocycles. The number of rotatable bonds is 2. The molecule has 1 atom stereocenters. The first-order chi connectivity index (χ1) is 15.0. The highest BCUT2D eigenvalue weighted by Gasteiger charge is 2.36. The Kier molecular flexibility index (Phi) is 6.34. The van der Waals surface area contributed by atoms with Crippen molar-refractivity contribution in [2.24, 2.45) is 10.7 Å². The Morgan fingerprint density at radius 1 is 1.13 bits per heavy atom. The third-order valence-electron chi connectivity index (χ3n) is 5.95. The molecule has 1 aromatic carbocycles. The number of pyridine rings is 1. The number of aliphatic imine (C=N–C) groups is 1. The number of hydrogen-bond acceptors (Lipinski definition) is 6. The maximum absolute atomic E-state index is 12.3. The molecule has 0 saturated carbocycles. The molecule has 2 aliphatic heterocycles. The first-order valence-corrected chi connectivity index (χ1v) is 11.6. The van der Waals surface area contributed by atoms with Gasteiger partial charge in [-0.2, -0.15) is 0 Å². The van der Waals surface area contributed by atoms with Crippen LogP contribution in [0.5, 0.6) is 0 Å². The molecule has 0 spiro atoms. The number of hydrogen-bond donors (Lipinski definition) is 2. The van der Waals surface area contributed by atoms with Gasteiger partial charge in [-0.25, -0.2) is 4.99 Å². The largest absolute Gasteiger partial charge is 0.369 e. The van der Waals surface area contributed by atoms with E-state index in [-0.39, 0.29) is 11.9 Å². The Balaban J connectivity index is 0.000000334. The molecule has 7 heteroatoms. The second-order valence-electron chi connectivity index (χ2n) is 8.28. The van der Waals surface area contributed by atoms with Gasteiger partial charge in [0, 0.05) is 24.1 Å². The Bertz CT molecular complexity index is 1080. The highest BCUT2D eigenvalue weighted by Crippen LogP contribution is 2.40. The number of amides is 1. The predicted molar refractivity (Wildman–Crippen MR) is 128 cm³/mol. The molecule has 2 aliphatic rings. The molecule has 0 unspecified atom stereocenters. The SMILES string of the molecule is C1CCNCC1.CN1C(=O)C[C@@](C)(c2cc(-c3ccncc3)c3sccc3c2)N=C1N. The van der Waals surface area contributed by atoms with Crippen LogP contribution in [0.3, 0.4) is 0 Å². The molecule has 3 aromatic rings. The lowest BCUT2D eigenvalue weighted by Gasteiger charge is -2.34. The van der Waals surface area contributed by atoms with Crippen LogP contribution in [0.15, 0.2) is 53.1 Å². The van der Waals surface area contributed by atoms with E-state index in [0.29, 0.717) is 6.42 Å². The van der Waals surface area contributed by atoms with Crippen LogP contribution < -0.4 is 11.1 Å². The third kappa shape index (κ3) is 4.62. The Hall–Kier alpha value is -2.77. The van der Waals surface area contributed by atoms with Crippen molar-refractivity contribution in [3.05, 3.63) is 53.7 Å². The number of piperidine rings is 1. The lowest BCUT2D eigenvalue weighted by atomic mass is 9.85. The number of nitrogens with zero attached hydrogens (tertiary/aromatic N) is 3. The molecule has 3 N–H and O–H groups in total. The zero-order valence-electron chi connectivity index (χ0n) is 18.1. The first kappa shape index (κ1) is 21.5. The minimum Gasteiger partial charge on any atom is -0.369 e. The number of guanidine groups is 1. The van der Waals surface area contributed by atoms with Crippen LogP contribution in [-0.2, 0) is 10.3 Å². The molecule has 6 nitrogen and oxygen atoms in total. The minimum atomic E-state index is -0.661. The summed E-state index contributed by atoms with van der Waals surface area (Å²) in [6.07, 6.45) is 8.10. The van der Waals surface area contributed by atoms with E-state index in [0.717, 1.165) is 22.1 Å². The zero-order valence-corrected chi connectivity index (χ0v) is 18.9. The number of benzene rings is 1. The second kappa shape index (κ2) is 9.16. The first-order valence-electron chi connectivity index (χ1n) is 10.7. The predicted octanol–water partition coefficient (Wildman–Crippen LogP) is 4.12. The molecule has 1 fully saturated rings. The molecule has 4 heterocycles. The number of fused-ring (bicyclic) bond motifs is 1. The highest BCUT2D eigenvalue weighted by atomic mass is 32.1. The summed E-state index contributed by atoms with van der Waals surface area (Å²) in [4.78, 5) is 22.5. The fraction of sp³-hybridized carbons (Fsp3) is 0.375. The van der Waals surface area contributed by atoms with Crippen molar-refractivity contribution in [3.8, 4) is 11.1 Å². The summed E-state index contributed by atoms with van der Waals surface area (Å²) in [6.45, 7) is 4.47. The van der Waals surface area contributed by atoms with Crippen LogP contribution in [0.4, 0.5) is 0 Å². The van der Waals surface area contributed by atoms with Crippen LogP contribution in [0, 0.1) is 0 Å². The van der Waals surface area contributed by atoms with E-state index in [1.807, 2.05) is 19.1 Å². The molecule has 1 saturated heterocycles. The van der Waals surface area contributed by atoms with Crippen molar-refractivity contribution in [1.82, 2.24) is 15.2 Å². The normalized spacial score (nSPS) is 21.4. The van der Waals surface area contributed by atoms with E-state index in [9.17, 15) is 4.79 Å². The van der Waals surface area contributed by atoms with Gasteiger partial charge in [0.1, 0.15) is 0 Å². The van der Waals surface area contributed by atoms with Gasteiger partial charge in [-0.1, -0.05) is 6.42 Å². The number of carbonyl (C=O) groups is 1. The smallest absolute Gasteiger partial charge is 0.231 e. The van der Waals surface area contributed by atoms with E-state index in [2.05, 4.69) is 38.9 Å².